The molecule has 0 atom stereocenters. The largest absolute Gasteiger partial charge is 0.453 e. The number of halogens is 2. The van der Waals surface area contributed by atoms with E-state index in [1.165, 1.54) is 6.07 Å². The zero-order valence-electron chi connectivity index (χ0n) is 17.0. The first-order valence-corrected chi connectivity index (χ1v) is 9.92. The molecule has 0 aliphatic carbocycles. The molecule has 0 bridgehead atoms. The van der Waals surface area contributed by atoms with Gasteiger partial charge in [-0.15, -0.1) is 0 Å². The molecule has 3 aromatic rings. The highest BCUT2D eigenvalue weighted by Gasteiger charge is 2.32. The molecular formula is C26H21F2NO. The van der Waals surface area contributed by atoms with E-state index in [0.29, 0.717) is 11.3 Å². The Labute approximate surface area is 174 Å². The molecule has 0 unspecified atom stereocenters. The van der Waals surface area contributed by atoms with Gasteiger partial charge in [-0.05, 0) is 55.7 Å². The zero-order chi connectivity index (χ0) is 21.0. The number of ether oxygens (including phenoxy) is 1. The van der Waals surface area contributed by atoms with Gasteiger partial charge in [0.05, 0.1) is 5.54 Å². The lowest BCUT2D eigenvalue weighted by Crippen LogP contribution is -2.32. The maximum atomic E-state index is 14.6. The Bertz CT molecular complexity index is 1240. The van der Waals surface area contributed by atoms with Gasteiger partial charge >= 0.3 is 0 Å². The quantitative estimate of drug-likeness (QED) is 0.468. The van der Waals surface area contributed by atoms with Crippen molar-refractivity contribution < 1.29 is 13.5 Å². The molecule has 5 rings (SSSR count). The Kier molecular flexibility index (Phi) is 4.07. The molecular weight excluding hydrogens is 380 g/mol. The second-order valence-electron chi connectivity index (χ2n) is 8.37. The van der Waals surface area contributed by atoms with Crippen LogP contribution in [0.5, 0.6) is 5.75 Å². The second kappa shape index (κ2) is 6.56. The molecule has 0 spiro atoms. The zero-order valence-corrected chi connectivity index (χ0v) is 17.0. The van der Waals surface area contributed by atoms with Gasteiger partial charge in [-0.1, -0.05) is 42.5 Å². The fourth-order valence-corrected chi connectivity index (χ4v) is 4.42. The van der Waals surface area contributed by atoms with Crippen LogP contribution in [0.4, 0.5) is 14.5 Å². The Hall–Kier alpha value is -3.40. The van der Waals surface area contributed by atoms with Gasteiger partial charge in [0.2, 0.25) is 0 Å². The number of allylic oxidation sites excluding steroid dienone is 1. The monoisotopic (exact) mass is 401 g/mol. The number of nitrogens with one attached hydrogen (secondary N) is 1. The van der Waals surface area contributed by atoms with Crippen LogP contribution in [-0.4, -0.2) is 5.54 Å². The fraction of sp³-hybridized carbons (Fsp3) is 0.154. The Balaban J connectivity index is 1.83. The summed E-state index contributed by atoms with van der Waals surface area (Å²) >= 11 is 0. The Morgan fingerprint density at radius 1 is 0.933 bits per heavy atom. The Morgan fingerprint density at radius 2 is 1.70 bits per heavy atom. The van der Waals surface area contributed by atoms with E-state index in [9.17, 15) is 8.78 Å². The maximum absolute atomic E-state index is 14.6. The van der Waals surface area contributed by atoms with Gasteiger partial charge in [-0.3, -0.25) is 0 Å². The molecule has 2 nitrogen and oxygen atoms in total. The summed E-state index contributed by atoms with van der Waals surface area (Å²) in [7, 11) is 0. The van der Waals surface area contributed by atoms with Crippen LogP contribution < -0.4 is 10.1 Å². The molecule has 3 aromatic carbocycles. The van der Waals surface area contributed by atoms with Crippen molar-refractivity contribution in [1.29, 1.82) is 0 Å². The predicted molar refractivity (Wildman–Crippen MR) is 118 cm³/mol. The minimum Gasteiger partial charge on any atom is -0.453 e. The van der Waals surface area contributed by atoms with Gasteiger partial charge in [-0.25, -0.2) is 8.78 Å². The smallest absolute Gasteiger partial charge is 0.171 e. The van der Waals surface area contributed by atoms with Crippen molar-refractivity contribution in [2.24, 2.45) is 0 Å². The summed E-state index contributed by atoms with van der Waals surface area (Å²) in [5.41, 5.74) is 5.82. The first kappa shape index (κ1) is 18.6. The molecule has 0 fully saturated rings. The molecule has 150 valence electrons. The first-order chi connectivity index (χ1) is 14.3. The van der Waals surface area contributed by atoms with Gasteiger partial charge in [0.15, 0.2) is 11.6 Å². The number of anilines is 1. The van der Waals surface area contributed by atoms with Crippen LogP contribution >= 0.6 is 0 Å². The van der Waals surface area contributed by atoms with Crippen LogP contribution in [0.3, 0.4) is 0 Å². The van der Waals surface area contributed by atoms with Gasteiger partial charge in [-0.2, -0.15) is 0 Å². The summed E-state index contributed by atoms with van der Waals surface area (Å²) in [6.07, 6.45) is 4.06. The van der Waals surface area contributed by atoms with Crippen molar-refractivity contribution >= 4 is 23.1 Å². The lowest BCUT2D eigenvalue weighted by atomic mass is 9.83. The maximum Gasteiger partial charge on any atom is 0.171 e. The highest BCUT2D eigenvalue weighted by molar-refractivity contribution is 6.00. The summed E-state index contributed by atoms with van der Waals surface area (Å²) in [4.78, 5) is 0. The van der Waals surface area contributed by atoms with Crippen LogP contribution in [0.2, 0.25) is 0 Å². The standard InChI is InChI=1S/C26H21F2NO/c1-15-14-26(2,3)29-21-10-9-18-19-12-17(27)13-20(28)25(19)30-22(24(18)23(15)21)11-16-7-5-4-6-8-16/h4-14,29H,1-3H3. The average molecular weight is 401 g/mol. The lowest BCUT2D eigenvalue weighted by molar-refractivity contribution is 0.460. The van der Waals surface area contributed by atoms with Crippen LogP contribution in [0.1, 0.15) is 37.5 Å². The molecule has 0 saturated heterocycles. The van der Waals surface area contributed by atoms with E-state index in [4.69, 9.17) is 4.74 Å². The van der Waals surface area contributed by atoms with Crippen LogP contribution in [-0.2, 0) is 0 Å². The van der Waals surface area contributed by atoms with Crippen LogP contribution in [0.25, 0.3) is 28.5 Å². The number of hydrogen-bond donors (Lipinski definition) is 1. The van der Waals surface area contributed by atoms with Crippen molar-refractivity contribution in [3.8, 4) is 16.9 Å². The van der Waals surface area contributed by atoms with Gasteiger partial charge in [0.25, 0.3) is 0 Å². The fourth-order valence-electron chi connectivity index (χ4n) is 4.42. The topological polar surface area (TPSA) is 21.3 Å². The number of rotatable bonds is 1. The van der Waals surface area contributed by atoms with Crippen LogP contribution in [0, 0.1) is 11.6 Å². The van der Waals surface area contributed by atoms with Crippen molar-refractivity contribution in [2.75, 3.05) is 5.32 Å². The third-order valence-electron chi connectivity index (χ3n) is 5.49. The lowest BCUT2D eigenvalue weighted by Gasteiger charge is -2.35. The minimum absolute atomic E-state index is 0.0526. The highest BCUT2D eigenvalue weighted by atomic mass is 19.1. The van der Waals surface area contributed by atoms with Crippen molar-refractivity contribution in [2.45, 2.75) is 26.3 Å². The third kappa shape index (κ3) is 3.00. The van der Waals surface area contributed by atoms with E-state index in [1.54, 1.807) is 0 Å². The van der Waals surface area contributed by atoms with Gasteiger partial charge < -0.3 is 10.1 Å². The first-order valence-electron chi connectivity index (χ1n) is 9.92. The Morgan fingerprint density at radius 3 is 2.47 bits per heavy atom. The predicted octanol–water partition coefficient (Wildman–Crippen LogP) is 7.13. The van der Waals surface area contributed by atoms with E-state index >= 15 is 0 Å². The summed E-state index contributed by atoms with van der Waals surface area (Å²) in [5, 5.41) is 3.54. The third-order valence-corrected chi connectivity index (χ3v) is 5.49. The van der Waals surface area contributed by atoms with Crippen LogP contribution in [0.15, 0.2) is 60.7 Å². The highest BCUT2D eigenvalue weighted by Crippen LogP contribution is 2.50. The summed E-state index contributed by atoms with van der Waals surface area (Å²) in [6.45, 7) is 6.27. The molecule has 0 aromatic heterocycles. The summed E-state index contributed by atoms with van der Waals surface area (Å²) in [6, 6.07) is 15.8. The minimum atomic E-state index is -0.709. The van der Waals surface area contributed by atoms with Crippen molar-refractivity contribution in [3.63, 3.8) is 0 Å². The summed E-state index contributed by atoms with van der Waals surface area (Å²) < 4.78 is 34.8. The molecule has 2 aliphatic rings. The number of hydrogen-bond acceptors (Lipinski definition) is 2. The van der Waals surface area contributed by atoms with Crippen molar-refractivity contribution in [3.05, 3.63) is 89.0 Å². The molecule has 4 heteroatoms. The van der Waals surface area contributed by atoms with E-state index in [2.05, 4.69) is 32.2 Å². The van der Waals surface area contributed by atoms with E-state index in [1.807, 2.05) is 48.5 Å². The number of benzene rings is 3. The molecule has 1 N–H and O–H groups in total. The average Bonchev–Trinajstić information content (AvgIpc) is 2.68. The SMILES string of the molecule is CC1=CC(C)(C)Nc2ccc3c(c21)C(=Cc1ccccc1)Oc1c(F)cc(F)cc1-3. The molecule has 2 aliphatic heterocycles. The summed E-state index contributed by atoms with van der Waals surface area (Å²) in [5.74, 6) is -0.739. The van der Waals surface area contributed by atoms with Gasteiger partial charge in [0.1, 0.15) is 11.6 Å². The normalized spacial score (nSPS) is 17.2. The van der Waals surface area contributed by atoms with E-state index < -0.39 is 11.6 Å². The van der Waals surface area contributed by atoms with Gasteiger partial charge in [0, 0.05) is 28.4 Å². The van der Waals surface area contributed by atoms with Crippen molar-refractivity contribution in [1.82, 2.24) is 0 Å². The second-order valence-corrected chi connectivity index (χ2v) is 8.37. The molecule has 30 heavy (non-hydrogen) atoms. The number of fused-ring (bicyclic) bond motifs is 5. The molecule has 0 radical (unpaired) electrons. The van der Waals surface area contributed by atoms with E-state index in [0.717, 1.165) is 39.6 Å². The van der Waals surface area contributed by atoms with E-state index in [-0.39, 0.29) is 11.3 Å². The molecule has 2 heterocycles. The molecule has 0 saturated carbocycles. The molecule has 0 amide bonds.